The summed E-state index contributed by atoms with van der Waals surface area (Å²) in [5.41, 5.74) is 2.17. The van der Waals surface area contributed by atoms with E-state index in [1.54, 1.807) is 12.4 Å². The van der Waals surface area contributed by atoms with Gasteiger partial charge in [0.2, 0.25) is 5.91 Å². The smallest absolute Gasteiger partial charge is 0.316 e. The van der Waals surface area contributed by atoms with E-state index in [1.165, 1.54) is 0 Å². The minimum absolute atomic E-state index is 0.0497. The molecule has 1 unspecified atom stereocenters. The molecule has 1 aromatic carbocycles. The van der Waals surface area contributed by atoms with E-state index in [0.29, 0.717) is 30.4 Å². The summed E-state index contributed by atoms with van der Waals surface area (Å²) < 4.78 is 5.88. The molecule has 1 amide bonds. The highest BCUT2D eigenvalue weighted by atomic mass is 35.5. The zero-order chi connectivity index (χ0) is 18.4. The number of ether oxygens (including phenoxy) is 1. The highest BCUT2D eigenvalue weighted by molar-refractivity contribution is 6.30. The van der Waals surface area contributed by atoms with Crippen molar-refractivity contribution >= 4 is 17.5 Å². The van der Waals surface area contributed by atoms with Crippen molar-refractivity contribution < 1.29 is 9.53 Å². The van der Waals surface area contributed by atoms with Gasteiger partial charge in [0.1, 0.15) is 6.10 Å². The van der Waals surface area contributed by atoms with Gasteiger partial charge in [-0.05, 0) is 48.9 Å². The quantitative estimate of drug-likeness (QED) is 0.774. The van der Waals surface area contributed by atoms with Crippen molar-refractivity contribution in [1.82, 2.24) is 14.9 Å². The molecule has 0 radical (unpaired) electrons. The second kappa shape index (κ2) is 8.99. The molecular weight excluding hydrogens is 350 g/mol. The Balaban J connectivity index is 1.51. The first-order chi connectivity index (χ1) is 12.6. The van der Waals surface area contributed by atoms with E-state index < -0.39 is 0 Å². The lowest BCUT2D eigenvalue weighted by Crippen LogP contribution is -2.44. The van der Waals surface area contributed by atoms with Gasteiger partial charge in [0.05, 0.1) is 6.54 Å². The Kier molecular flexibility index (Phi) is 6.45. The minimum atomic E-state index is -0.0497. The number of rotatable bonds is 6. The number of hydrogen-bond donors (Lipinski definition) is 0. The maximum absolute atomic E-state index is 12.5. The number of aromatic nitrogens is 2. The van der Waals surface area contributed by atoms with Crippen LogP contribution in [0.5, 0.6) is 6.01 Å². The number of carbonyl (C=O) groups excluding carboxylic acids is 1. The third kappa shape index (κ3) is 5.18. The molecule has 3 rings (SSSR count). The van der Waals surface area contributed by atoms with Crippen molar-refractivity contribution in [3.05, 3.63) is 52.8 Å². The molecule has 0 saturated carbocycles. The molecule has 1 saturated heterocycles. The maximum atomic E-state index is 12.5. The van der Waals surface area contributed by atoms with Gasteiger partial charge in [0.15, 0.2) is 0 Å². The summed E-state index contributed by atoms with van der Waals surface area (Å²) in [5, 5.41) is 0.704. The molecular formula is C20H24ClN3O2. The molecule has 1 fully saturated rings. The van der Waals surface area contributed by atoms with Gasteiger partial charge in [-0.15, -0.1) is 0 Å². The number of aryl methyl sites for hydroxylation is 2. The van der Waals surface area contributed by atoms with Crippen LogP contribution >= 0.6 is 11.6 Å². The molecule has 0 spiro atoms. The first kappa shape index (κ1) is 18.6. The Morgan fingerprint density at radius 2 is 2.12 bits per heavy atom. The summed E-state index contributed by atoms with van der Waals surface area (Å²) in [6, 6.07) is 8.05. The Morgan fingerprint density at radius 3 is 2.85 bits per heavy atom. The third-order valence-electron chi connectivity index (χ3n) is 4.61. The standard InChI is InChI=1S/C20H24ClN3O2/c1-2-15-12-22-20(23-13-15)26-18-7-4-10-24(14-18)19(25)9-8-16-5-3-6-17(21)11-16/h3,5-6,11-13,18H,2,4,7-10,14H2,1H3. The van der Waals surface area contributed by atoms with Crippen molar-refractivity contribution in [2.45, 2.75) is 45.1 Å². The Hall–Kier alpha value is -2.14. The third-order valence-corrected chi connectivity index (χ3v) is 4.84. The molecule has 5 nitrogen and oxygen atoms in total. The SMILES string of the molecule is CCc1cnc(OC2CCCN(C(=O)CCc3cccc(Cl)c3)C2)nc1. The van der Waals surface area contributed by atoms with Gasteiger partial charge in [-0.1, -0.05) is 30.7 Å². The second-order valence-electron chi connectivity index (χ2n) is 6.58. The highest BCUT2D eigenvalue weighted by Gasteiger charge is 2.25. The van der Waals surface area contributed by atoms with Crippen molar-refractivity contribution in [3.8, 4) is 6.01 Å². The average Bonchev–Trinajstić information content (AvgIpc) is 2.67. The molecule has 6 heteroatoms. The molecule has 26 heavy (non-hydrogen) atoms. The summed E-state index contributed by atoms with van der Waals surface area (Å²) in [5.74, 6) is 0.153. The monoisotopic (exact) mass is 373 g/mol. The number of hydrogen-bond acceptors (Lipinski definition) is 4. The van der Waals surface area contributed by atoms with Crippen molar-refractivity contribution in [1.29, 1.82) is 0 Å². The predicted octanol–water partition coefficient (Wildman–Crippen LogP) is 3.70. The molecule has 1 atom stereocenters. The number of piperidine rings is 1. The molecule has 1 aliphatic heterocycles. The summed E-state index contributed by atoms with van der Waals surface area (Å²) in [4.78, 5) is 22.9. The van der Waals surface area contributed by atoms with Crippen LogP contribution in [0.2, 0.25) is 5.02 Å². The molecule has 2 aromatic rings. The fourth-order valence-corrected chi connectivity index (χ4v) is 3.31. The van der Waals surface area contributed by atoms with E-state index in [9.17, 15) is 4.79 Å². The van der Waals surface area contributed by atoms with Crippen molar-refractivity contribution in [3.63, 3.8) is 0 Å². The van der Waals surface area contributed by atoms with Gasteiger partial charge in [-0.25, -0.2) is 9.97 Å². The van der Waals surface area contributed by atoms with E-state index in [-0.39, 0.29) is 12.0 Å². The van der Waals surface area contributed by atoms with Crippen LogP contribution in [0.1, 0.15) is 37.3 Å². The number of carbonyl (C=O) groups is 1. The molecule has 138 valence electrons. The summed E-state index contributed by atoms with van der Waals surface area (Å²) >= 11 is 6.00. The predicted molar refractivity (Wildman–Crippen MR) is 101 cm³/mol. The number of likely N-dealkylation sites (tertiary alicyclic amines) is 1. The van der Waals surface area contributed by atoms with Crippen molar-refractivity contribution in [2.75, 3.05) is 13.1 Å². The topological polar surface area (TPSA) is 55.3 Å². The summed E-state index contributed by atoms with van der Waals surface area (Å²) in [6.07, 6.45) is 7.46. The fraction of sp³-hybridized carbons (Fsp3) is 0.450. The lowest BCUT2D eigenvalue weighted by atomic mass is 10.1. The van der Waals surface area contributed by atoms with Crippen LogP contribution in [-0.2, 0) is 17.6 Å². The Bertz CT molecular complexity index is 736. The van der Waals surface area contributed by atoms with Gasteiger partial charge in [0, 0.05) is 30.4 Å². The fourth-order valence-electron chi connectivity index (χ4n) is 3.10. The van der Waals surface area contributed by atoms with E-state index in [2.05, 4.69) is 16.9 Å². The Labute approximate surface area is 159 Å². The van der Waals surface area contributed by atoms with E-state index in [0.717, 1.165) is 36.9 Å². The number of benzene rings is 1. The molecule has 1 aliphatic rings. The molecule has 1 aromatic heterocycles. The minimum Gasteiger partial charge on any atom is -0.458 e. The number of halogens is 1. The van der Waals surface area contributed by atoms with Gasteiger partial charge in [-0.3, -0.25) is 4.79 Å². The van der Waals surface area contributed by atoms with Crippen LogP contribution in [0.15, 0.2) is 36.7 Å². The van der Waals surface area contributed by atoms with Gasteiger partial charge >= 0.3 is 6.01 Å². The lowest BCUT2D eigenvalue weighted by Gasteiger charge is -2.32. The van der Waals surface area contributed by atoms with Crippen LogP contribution in [-0.4, -0.2) is 40.0 Å². The van der Waals surface area contributed by atoms with Crippen LogP contribution in [0, 0.1) is 0 Å². The largest absolute Gasteiger partial charge is 0.458 e. The summed E-state index contributed by atoms with van der Waals surface area (Å²) in [7, 11) is 0. The second-order valence-corrected chi connectivity index (χ2v) is 7.02. The van der Waals surface area contributed by atoms with Gasteiger partial charge in [0.25, 0.3) is 0 Å². The first-order valence-electron chi connectivity index (χ1n) is 9.14. The van der Waals surface area contributed by atoms with E-state index >= 15 is 0 Å². The van der Waals surface area contributed by atoms with Crippen LogP contribution in [0.3, 0.4) is 0 Å². The molecule has 0 N–H and O–H groups in total. The van der Waals surface area contributed by atoms with Crippen LogP contribution in [0.4, 0.5) is 0 Å². The van der Waals surface area contributed by atoms with Gasteiger partial charge < -0.3 is 9.64 Å². The zero-order valence-electron chi connectivity index (χ0n) is 15.0. The summed E-state index contributed by atoms with van der Waals surface area (Å²) in [6.45, 7) is 3.43. The van der Waals surface area contributed by atoms with E-state index in [4.69, 9.17) is 16.3 Å². The Morgan fingerprint density at radius 1 is 1.31 bits per heavy atom. The van der Waals surface area contributed by atoms with Crippen LogP contribution < -0.4 is 4.74 Å². The number of amides is 1. The highest BCUT2D eigenvalue weighted by Crippen LogP contribution is 2.18. The maximum Gasteiger partial charge on any atom is 0.316 e. The number of nitrogens with zero attached hydrogens (tertiary/aromatic N) is 3. The van der Waals surface area contributed by atoms with E-state index in [1.807, 2.05) is 29.2 Å². The normalized spacial score (nSPS) is 17.2. The van der Waals surface area contributed by atoms with Gasteiger partial charge in [-0.2, -0.15) is 0 Å². The first-order valence-corrected chi connectivity index (χ1v) is 9.51. The molecule has 0 bridgehead atoms. The lowest BCUT2D eigenvalue weighted by molar-refractivity contribution is -0.133. The zero-order valence-corrected chi connectivity index (χ0v) is 15.8. The molecule has 0 aliphatic carbocycles. The van der Waals surface area contributed by atoms with Crippen LogP contribution in [0.25, 0.3) is 0 Å². The molecule has 2 heterocycles. The van der Waals surface area contributed by atoms with Crippen molar-refractivity contribution in [2.24, 2.45) is 0 Å². The average molecular weight is 374 g/mol.